The molecule has 0 aromatic heterocycles. The maximum absolute atomic E-state index is 12.5. The Kier molecular flexibility index (Phi) is 2.97. The van der Waals surface area contributed by atoms with Crippen LogP contribution in [0.2, 0.25) is 0 Å². The van der Waals surface area contributed by atoms with Gasteiger partial charge in [-0.1, -0.05) is 0 Å². The Labute approximate surface area is 155 Å². The molecule has 138 valence electrons. The van der Waals surface area contributed by atoms with Crippen LogP contribution in [0.4, 0.5) is 0 Å². The third kappa shape index (κ3) is 2.09. The van der Waals surface area contributed by atoms with Gasteiger partial charge in [-0.25, -0.2) is 4.79 Å². The zero-order valence-electron chi connectivity index (χ0n) is 14.7. The molecule has 6 rings (SSSR count). The van der Waals surface area contributed by atoms with Crippen molar-refractivity contribution in [3.63, 3.8) is 0 Å². The van der Waals surface area contributed by atoms with E-state index in [0.29, 0.717) is 17.1 Å². The second-order valence-electron chi connectivity index (χ2n) is 7.20. The Bertz CT molecular complexity index is 987. The number of nitrogens with zero attached hydrogens (tertiary/aromatic N) is 1. The van der Waals surface area contributed by atoms with Gasteiger partial charge in [0.1, 0.15) is 6.10 Å². The number of cyclic esters (lactones) is 1. The maximum Gasteiger partial charge on any atom is 0.339 e. The van der Waals surface area contributed by atoms with E-state index < -0.39 is 6.10 Å². The fraction of sp³-hybridized carbons (Fsp3) is 0.350. The van der Waals surface area contributed by atoms with Crippen molar-refractivity contribution >= 4 is 5.97 Å². The molecule has 2 atom stereocenters. The predicted octanol–water partition coefficient (Wildman–Crippen LogP) is 2.58. The number of fused-ring (bicyclic) bond motifs is 4. The van der Waals surface area contributed by atoms with Crippen LogP contribution in [-0.2, 0) is 11.2 Å². The fourth-order valence-corrected chi connectivity index (χ4v) is 4.41. The molecule has 0 fully saturated rings. The Morgan fingerprint density at radius 1 is 0.889 bits per heavy atom. The summed E-state index contributed by atoms with van der Waals surface area (Å²) in [6.45, 7) is 1.28. The zero-order valence-corrected chi connectivity index (χ0v) is 14.7. The van der Waals surface area contributed by atoms with Crippen molar-refractivity contribution in [3.8, 4) is 23.0 Å². The molecule has 0 unspecified atom stereocenters. The number of carbonyl (C=O) groups excluding carboxylic acids is 1. The van der Waals surface area contributed by atoms with E-state index in [9.17, 15) is 4.79 Å². The van der Waals surface area contributed by atoms with Crippen LogP contribution in [-0.4, -0.2) is 38.0 Å². The van der Waals surface area contributed by atoms with E-state index >= 15 is 0 Å². The van der Waals surface area contributed by atoms with Crippen molar-refractivity contribution in [2.75, 3.05) is 27.2 Å². The smallest absolute Gasteiger partial charge is 0.339 e. The molecule has 7 heteroatoms. The summed E-state index contributed by atoms with van der Waals surface area (Å²) in [5.74, 6) is 2.44. The van der Waals surface area contributed by atoms with Gasteiger partial charge in [0.15, 0.2) is 23.0 Å². The van der Waals surface area contributed by atoms with Gasteiger partial charge in [-0.2, -0.15) is 0 Å². The molecule has 0 bridgehead atoms. The van der Waals surface area contributed by atoms with Crippen LogP contribution >= 0.6 is 0 Å². The van der Waals surface area contributed by atoms with Gasteiger partial charge in [-0.05, 0) is 48.9 Å². The maximum atomic E-state index is 12.5. The van der Waals surface area contributed by atoms with Crippen molar-refractivity contribution in [1.82, 2.24) is 4.90 Å². The molecular formula is C20H17NO6. The molecule has 2 aromatic carbocycles. The van der Waals surface area contributed by atoms with Gasteiger partial charge in [-0.15, -0.1) is 0 Å². The van der Waals surface area contributed by atoms with Gasteiger partial charge in [0, 0.05) is 12.1 Å². The predicted molar refractivity (Wildman–Crippen MR) is 92.4 cm³/mol. The molecule has 27 heavy (non-hydrogen) atoms. The van der Waals surface area contributed by atoms with Crippen molar-refractivity contribution in [2.45, 2.75) is 18.6 Å². The Hall–Kier alpha value is -2.93. The van der Waals surface area contributed by atoms with Gasteiger partial charge in [0.2, 0.25) is 13.6 Å². The fourth-order valence-electron chi connectivity index (χ4n) is 4.41. The monoisotopic (exact) mass is 367 g/mol. The molecule has 4 aliphatic heterocycles. The number of benzene rings is 2. The molecule has 4 heterocycles. The van der Waals surface area contributed by atoms with Crippen molar-refractivity contribution < 1.29 is 28.5 Å². The topological polar surface area (TPSA) is 66.5 Å². The van der Waals surface area contributed by atoms with Crippen LogP contribution in [0.25, 0.3) is 0 Å². The van der Waals surface area contributed by atoms with E-state index in [4.69, 9.17) is 23.7 Å². The number of hydrogen-bond donors (Lipinski definition) is 0. The van der Waals surface area contributed by atoms with Crippen LogP contribution in [0.3, 0.4) is 0 Å². The minimum Gasteiger partial charge on any atom is -0.454 e. The number of hydrogen-bond acceptors (Lipinski definition) is 7. The van der Waals surface area contributed by atoms with E-state index in [1.54, 1.807) is 6.07 Å². The number of rotatable bonds is 1. The first kappa shape index (κ1) is 15.2. The van der Waals surface area contributed by atoms with Crippen LogP contribution in [0, 0.1) is 0 Å². The highest BCUT2D eigenvalue weighted by Crippen LogP contribution is 2.50. The number of carbonyl (C=O) groups is 1. The lowest BCUT2D eigenvalue weighted by atomic mass is 9.86. The van der Waals surface area contributed by atoms with E-state index in [1.807, 2.05) is 12.1 Å². The molecular weight excluding hydrogens is 350 g/mol. The molecule has 0 aliphatic carbocycles. The SMILES string of the molecule is CN1CCc2cc3c(cc2[C@H]1[C@H]1OC(=O)c2cc4c(cc21)OCO4)OCO3. The molecule has 2 aromatic rings. The zero-order chi connectivity index (χ0) is 18.1. The summed E-state index contributed by atoms with van der Waals surface area (Å²) in [5.41, 5.74) is 3.70. The van der Waals surface area contributed by atoms with Gasteiger partial charge in [-0.3, -0.25) is 4.90 Å². The van der Waals surface area contributed by atoms with E-state index in [0.717, 1.165) is 35.6 Å². The summed E-state index contributed by atoms with van der Waals surface area (Å²) in [5, 5.41) is 0. The first-order valence-electron chi connectivity index (χ1n) is 8.96. The average molecular weight is 367 g/mol. The van der Waals surface area contributed by atoms with E-state index in [2.05, 4.69) is 18.0 Å². The Morgan fingerprint density at radius 3 is 2.26 bits per heavy atom. The summed E-state index contributed by atoms with van der Waals surface area (Å²) >= 11 is 0. The minimum atomic E-state index is -0.411. The number of likely N-dealkylation sites (N-methyl/N-ethyl adjacent to an activating group) is 1. The highest BCUT2D eigenvalue weighted by atomic mass is 16.7. The van der Waals surface area contributed by atoms with Gasteiger partial charge in [0.25, 0.3) is 0 Å². The Morgan fingerprint density at radius 2 is 1.52 bits per heavy atom. The summed E-state index contributed by atoms with van der Waals surface area (Å²) in [6.07, 6.45) is 0.500. The highest BCUT2D eigenvalue weighted by Gasteiger charge is 2.43. The second-order valence-corrected chi connectivity index (χ2v) is 7.20. The van der Waals surface area contributed by atoms with Crippen molar-refractivity contribution in [1.29, 1.82) is 0 Å². The molecule has 0 N–H and O–H groups in total. The molecule has 0 radical (unpaired) electrons. The molecule has 0 saturated heterocycles. The first-order valence-corrected chi connectivity index (χ1v) is 8.96. The van der Waals surface area contributed by atoms with Gasteiger partial charge < -0.3 is 23.7 Å². The standard InChI is InChI=1S/C20H17NO6/c1-21-3-2-10-4-14-15(24-8-23-14)5-11(10)18(21)19-12-6-16-17(26-9-25-16)7-13(12)20(22)27-19/h4-7,18-19H,2-3,8-9H2,1H3/t18-,19-/m0/s1. The Balaban J connectivity index is 1.48. The first-order chi connectivity index (χ1) is 13.2. The van der Waals surface area contributed by atoms with Crippen LogP contribution in [0.1, 0.15) is 39.2 Å². The molecule has 0 saturated carbocycles. The molecule has 0 amide bonds. The van der Waals surface area contributed by atoms with E-state index in [-0.39, 0.29) is 25.6 Å². The normalized spacial score (nSPS) is 24.6. The van der Waals surface area contributed by atoms with Crippen LogP contribution in [0.15, 0.2) is 24.3 Å². The van der Waals surface area contributed by atoms with Crippen molar-refractivity contribution in [2.24, 2.45) is 0 Å². The van der Waals surface area contributed by atoms with Gasteiger partial charge >= 0.3 is 5.97 Å². The average Bonchev–Trinajstić information content (AvgIpc) is 3.37. The summed E-state index contributed by atoms with van der Waals surface area (Å²) in [7, 11) is 2.05. The lowest BCUT2D eigenvalue weighted by Gasteiger charge is -2.37. The summed E-state index contributed by atoms with van der Waals surface area (Å²) < 4.78 is 27.9. The molecule has 7 nitrogen and oxygen atoms in total. The lowest BCUT2D eigenvalue weighted by Crippen LogP contribution is -2.36. The van der Waals surface area contributed by atoms with E-state index in [1.165, 1.54) is 5.56 Å². The largest absolute Gasteiger partial charge is 0.454 e. The second kappa shape index (κ2) is 5.29. The third-order valence-electron chi connectivity index (χ3n) is 5.75. The summed E-state index contributed by atoms with van der Waals surface area (Å²) in [6, 6.07) is 7.58. The number of ether oxygens (including phenoxy) is 5. The third-order valence-corrected chi connectivity index (χ3v) is 5.75. The van der Waals surface area contributed by atoms with Crippen LogP contribution in [0.5, 0.6) is 23.0 Å². The van der Waals surface area contributed by atoms with Crippen LogP contribution < -0.4 is 18.9 Å². The van der Waals surface area contributed by atoms with Gasteiger partial charge in [0.05, 0.1) is 11.6 Å². The highest BCUT2D eigenvalue weighted by molar-refractivity contribution is 5.95. The minimum absolute atomic E-state index is 0.103. The van der Waals surface area contributed by atoms with Crippen molar-refractivity contribution in [3.05, 3.63) is 46.5 Å². The number of esters is 1. The quantitative estimate of drug-likeness (QED) is 0.718. The molecule has 4 aliphatic rings. The summed E-state index contributed by atoms with van der Waals surface area (Å²) in [4.78, 5) is 14.8. The molecule has 0 spiro atoms. The lowest BCUT2D eigenvalue weighted by molar-refractivity contribution is 0.00934.